The molecule has 0 saturated heterocycles. The monoisotopic (exact) mass is 616 g/mol. The van der Waals surface area contributed by atoms with Crippen molar-refractivity contribution in [2.24, 2.45) is 0 Å². The van der Waals surface area contributed by atoms with E-state index in [4.69, 9.17) is 11.6 Å². The minimum absolute atomic E-state index is 0.0576. The second kappa shape index (κ2) is 9.46. The first-order valence-electron chi connectivity index (χ1n) is 12.0. The lowest BCUT2D eigenvalue weighted by Crippen LogP contribution is -2.30. The van der Waals surface area contributed by atoms with Crippen molar-refractivity contribution in [3.8, 4) is 0 Å². The average Bonchev–Trinajstić information content (AvgIpc) is 2.89. The number of hydrogen-bond donors (Lipinski definition) is 1. The first kappa shape index (κ1) is 23.9. The van der Waals surface area contributed by atoms with Crippen molar-refractivity contribution in [3.05, 3.63) is 134 Å². The Hall–Kier alpha value is -2.43. The zero-order valence-electron chi connectivity index (χ0n) is 19.4. The summed E-state index contributed by atoms with van der Waals surface area (Å²) in [5.74, 6) is 0.0576. The van der Waals surface area contributed by atoms with Crippen LogP contribution in [0.4, 0.5) is 0 Å². The van der Waals surface area contributed by atoms with E-state index in [1.165, 1.54) is 27.1 Å². The van der Waals surface area contributed by atoms with E-state index in [0.717, 1.165) is 32.1 Å². The highest BCUT2D eigenvalue weighted by Crippen LogP contribution is 2.52. The summed E-state index contributed by atoms with van der Waals surface area (Å²) < 4.78 is 2.11. The van der Waals surface area contributed by atoms with Crippen molar-refractivity contribution in [3.63, 3.8) is 0 Å². The highest BCUT2D eigenvalue weighted by molar-refractivity contribution is 9.11. The lowest BCUT2D eigenvalue weighted by Gasteiger charge is -2.38. The molecule has 1 aliphatic rings. The van der Waals surface area contributed by atoms with E-state index in [9.17, 15) is 5.11 Å². The molecule has 0 aliphatic heterocycles. The molecule has 5 aromatic rings. The Balaban J connectivity index is 1.62. The van der Waals surface area contributed by atoms with Crippen molar-refractivity contribution in [1.29, 1.82) is 0 Å². The zero-order chi connectivity index (χ0) is 24.9. The molecule has 178 valence electrons. The molecular formula is C32H23Br2ClO. The second-order valence-electron chi connectivity index (χ2n) is 9.48. The van der Waals surface area contributed by atoms with E-state index in [2.05, 4.69) is 92.5 Å². The summed E-state index contributed by atoms with van der Waals surface area (Å²) in [6.07, 6.45) is 3.35. The summed E-state index contributed by atoms with van der Waals surface area (Å²) in [6.45, 7) is 0. The summed E-state index contributed by atoms with van der Waals surface area (Å²) in [6, 6.07) is 33.0. The van der Waals surface area contributed by atoms with E-state index < -0.39 is 5.60 Å². The Morgan fingerprint density at radius 3 is 2.03 bits per heavy atom. The van der Waals surface area contributed by atoms with Gasteiger partial charge in [-0.15, -0.1) is 0 Å². The smallest absolute Gasteiger partial charge is 0.110 e. The minimum atomic E-state index is -1.21. The Bertz CT molecular complexity index is 1660. The van der Waals surface area contributed by atoms with Crippen LogP contribution in [0.15, 0.2) is 112 Å². The normalized spacial score (nSPS) is 20.0. The number of fused-ring (bicyclic) bond motifs is 3. The number of benzene rings is 5. The van der Waals surface area contributed by atoms with Gasteiger partial charge in [-0.2, -0.15) is 0 Å². The average molecular weight is 619 g/mol. The maximum Gasteiger partial charge on any atom is 0.110 e. The van der Waals surface area contributed by atoms with E-state index in [1.54, 1.807) is 0 Å². The molecule has 0 heterocycles. The van der Waals surface area contributed by atoms with Gasteiger partial charge in [-0.25, -0.2) is 0 Å². The van der Waals surface area contributed by atoms with Gasteiger partial charge in [-0.3, -0.25) is 0 Å². The van der Waals surface area contributed by atoms with Crippen LogP contribution in [0.5, 0.6) is 0 Å². The summed E-state index contributed by atoms with van der Waals surface area (Å²) >= 11 is 14.4. The van der Waals surface area contributed by atoms with E-state index in [1.807, 2.05) is 42.5 Å². The quantitative estimate of drug-likeness (QED) is 0.200. The molecule has 2 atom stereocenters. The van der Waals surface area contributed by atoms with Gasteiger partial charge >= 0.3 is 0 Å². The highest BCUT2D eigenvalue weighted by Gasteiger charge is 2.39. The fourth-order valence-corrected chi connectivity index (χ4v) is 7.48. The molecule has 1 aliphatic carbocycles. The first-order valence-corrected chi connectivity index (χ1v) is 14.0. The number of aliphatic hydroxyl groups is 1. The van der Waals surface area contributed by atoms with Crippen LogP contribution in [0.2, 0.25) is 5.02 Å². The van der Waals surface area contributed by atoms with Crippen molar-refractivity contribution in [2.45, 2.75) is 24.4 Å². The standard InChI is InChI=1S/C32H23Br2ClO/c33-28-15-7-5-9-22(28)20-17-21(19-32(36,18-20)27-14-6-8-16-29(27)35)30-25-12-3-1-10-23(25)24-11-2-4-13-26(24)31(30)34/h1-16,18,21,36H,17,19H2. The van der Waals surface area contributed by atoms with E-state index in [-0.39, 0.29) is 5.92 Å². The SMILES string of the molecule is OC1(c2ccccc2Cl)C=C(c2ccccc2Br)CC(c2c(Br)c3ccccc3c3ccccc23)C1. The van der Waals surface area contributed by atoms with Gasteiger partial charge in [0.2, 0.25) is 0 Å². The van der Waals surface area contributed by atoms with Crippen LogP contribution in [0.1, 0.15) is 35.4 Å². The molecule has 2 unspecified atom stereocenters. The van der Waals surface area contributed by atoms with E-state index in [0.29, 0.717) is 11.4 Å². The number of halogens is 3. The van der Waals surface area contributed by atoms with E-state index >= 15 is 0 Å². The molecule has 1 N–H and O–H groups in total. The Morgan fingerprint density at radius 2 is 1.31 bits per heavy atom. The topological polar surface area (TPSA) is 20.2 Å². The summed E-state index contributed by atoms with van der Waals surface area (Å²) in [7, 11) is 0. The van der Waals surface area contributed by atoms with Crippen molar-refractivity contribution < 1.29 is 5.11 Å². The van der Waals surface area contributed by atoms with Gasteiger partial charge in [-0.1, -0.05) is 112 Å². The Morgan fingerprint density at radius 1 is 0.722 bits per heavy atom. The number of allylic oxidation sites excluding steroid dienone is 1. The van der Waals surface area contributed by atoms with Gasteiger partial charge in [0, 0.05) is 19.5 Å². The van der Waals surface area contributed by atoms with Crippen molar-refractivity contribution >= 4 is 70.6 Å². The maximum absolute atomic E-state index is 12.3. The largest absolute Gasteiger partial charge is 0.381 e. The second-order valence-corrected chi connectivity index (χ2v) is 11.5. The van der Waals surface area contributed by atoms with Crippen LogP contribution < -0.4 is 0 Å². The van der Waals surface area contributed by atoms with Crippen LogP contribution in [-0.2, 0) is 5.60 Å². The molecule has 0 bridgehead atoms. The molecule has 1 nitrogen and oxygen atoms in total. The maximum atomic E-state index is 12.3. The van der Waals surface area contributed by atoms with Crippen LogP contribution >= 0.6 is 43.5 Å². The summed E-state index contributed by atoms with van der Waals surface area (Å²) in [5.41, 5.74) is 2.95. The van der Waals surface area contributed by atoms with Crippen LogP contribution in [0, 0.1) is 0 Å². The minimum Gasteiger partial charge on any atom is -0.381 e. The van der Waals surface area contributed by atoms with Gasteiger partial charge < -0.3 is 5.11 Å². The van der Waals surface area contributed by atoms with Gasteiger partial charge in [0.15, 0.2) is 0 Å². The van der Waals surface area contributed by atoms with Gasteiger partial charge in [-0.05, 0) is 91.1 Å². The molecule has 0 aromatic heterocycles. The molecule has 0 saturated carbocycles. The molecular weight excluding hydrogens is 596 g/mol. The van der Waals surface area contributed by atoms with Gasteiger partial charge in [0.25, 0.3) is 0 Å². The fraction of sp³-hybridized carbons (Fsp3) is 0.125. The van der Waals surface area contributed by atoms with Gasteiger partial charge in [0.05, 0.1) is 0 Å². The van der Waals surface area contributed by atoms with Gasteiger partial charge in [0.1, 0.15) is 5.60 Å². The summed E-state index contributed by atoms with van der Waals surface area (Å²) in [4.78, 5) is 0. The molecule has 5 aromatic carbocycles. The predicted molar refractivity (Wildman–Crippen MR) is 159 cm³/mol. The third-order valence-corrected chi connectivity index (χ3v) is 9.19. The van der Waals surface area contributed by atoms with Crippen LogP contribution in [-0.4, -0.2) is 5.11 Å². The van der Waals surface area contributed by atoms with Crippen molar-refractivity contribution in [1.82, 2.24) is 0 Å². The number of hydrogen-bond acceptors (Lipinski definition) is 1. The molecule has 0 spiro atoms. The first-order chi connectivity index (χ1) is 17.5. The third-order valence-electron chi connectivity index (χ3n) is 7.31. The Labute approximate surface area is 232 Å². The van der Waals surface area contributed by atoms with Crippen LogP contribution in [0.25, 0.3) is 27.1 Å². The highest BCUT2D eigenvalue weighted by atomic mass is 79.9. The molecule has 0 amide bonds. The number of rotatable bonds is 3. The van der Waals surface area contributed by atoms with Crippen LogP contribution in [0.3, 0.4) is 0 Å². The molecule has 4 heteroatoms. The Kier molecular flexibility index (Phi) is 6.29. The zero-order valence-corrected chi connectivity index (χ0v) is 23.3. The predicted octanol–water partition coefficient (Wildman–Crippen LogP) is 10.0. The van der Waals surface area contributed by atoms with Crippen molar-refractivity contribution in [2.75, 3.05) is 0 Å². The molecule has 36 heavy (non-hydrogen) atoms. The third kappa shape index (κ3) is 4.03. The molecule has 0 fully saturated rings. The lowest BCUT2D eigenvalue weighted by molar-refractivity contribution is 0.0674. The molecule has 0 radical (unpaired) electrons. The lowest BCUT2D eigenvalue weighted by atomic mass is 9.71. The molecule has 6 rings (SSSR count). The summed E-state index contributed by atoms with van der Waals surface area (Å²) in [5, 5.41) is 17.7. The fourth-order valence-electron chi connectivity index (χ4n) is 5.76.